The van der Waals surface area contributed by atoms with Gasteiger partial charge in [-0.25, -0.2) is 4.98 Å². The van der Waals surface area contributed by atoms with E-state index in [-0.39, 0.29) is 11.9 Å². The summed E-state index contributed by atoms with van der Waals surface area (Å²) in [5, 5.41) is 9.72. The van der Waals surface area contributed by atoms with E-state index < -0.39 is 5.54 Å². The molecular weight excluding hydrogens is 512 g/mol. The molecule has 3 N–H and O–H groups in total. The highest BCUT2D eigenvalue weighted by molar-refractivity contribution is 6.32. The van der Waals surface area contributed by atoms with E-state index in [1.807, 2.05) is 51.0 Å². The normalized spacial score (nSPS) is 11.0. The molecule has 0 unspecified atom stereocenters. The van der Waals surface area contributed by atoms with E-state index in [4.69, 9.17) is 16.3 Å². The van der Waals surface area contributed by atoms with E-state index in [9.17, 15) is 4.79 Å². The molecule has 0 radical (unpaired) electrons. The third kappa shape index (κ3) is 7.50. The molecule has 1 aromatic heterocycles. The second kappa shape index (κ2) is 12.7. The first-order valence-electron chi connectivity index (χ1n) is 12.5. The highest BCUT2D eigenvalue weighted by Crippen LogP contribution is 2.34. The van der Waals surface area contributed by atoms with E-state index in [2.05, 4.69) is 64.3 Å². The molecule has 1 amide bonds. The number of ether oxygens (including phenoxy) is 1. The maximum atomic E-state index is 12.2. The third-order valence-corrected chi connectivity index (χ3v) is 6.51. The molecule has 0 saturated carbocycles. The molecule has 0 saturated heterocycles. The van der Waals surface area contributed by atoms with Gasteiger partial charge in [0.2, 0.25) is 11.9 Å². The number of nitrogens with one attached hydrogen (secondary N) is 3. The lowest BCUT2D eigenvalue weighted by molar-refractivity contribution is -0.111. The number of hydrogen-bond acceptors (Lipinski definition) is 7. The van der Waals surface area contributed by atoms with Gasteiger partial charge in [0.15, 0.2) is 5.82 Å². The second-order valence-corrected chi connectivity index (χ2v) is 10.3. The molecule has 3 aromatic rings. The number of aromatic nitrogens is 2. The lowest BCUT2D eigenvalue weighted by Gasteiger charge is -2.26. The highest BCUT2D eigenvalue weighted by atomic mass is 35.5. The second-order valence-electron chi connectivity index (χ2n) is 9.88. The fraction of sp³-hybridized carbons (Fsp3) is 0.300. The van der Waals surface area contributed by atoms with Gasteiger partial charge in [-0.05, 0) is 57.6 Å². The van der Waals surface area contributed by atoms with Gasteiger partial charge < -0.3 is 20.7 Å². The zero-order valence-electron chi connectivity index (χ0n) is 23.4. The van der Waals surface area contributed by atoms with Gasteiger partial charge in [0.1, 0.15) is 10.8 Å². The van der Waals surface area contributed by atoms with Crippen LogP contribution in [0.2, 0.25) is 5.02 Å². The number of methoxy groups -OCH3 is 1. The molecule has 39 heavy (non-hydrogen) atoms. The molecule has 0 bridgehead atoms. The number of anilines is 5. The highest BCUT2D eigenvalue weighted by Gasteiger charge is 2.18. The molecule has 0 atom stereocenters. The number of amides is 1. The summed E-state index contributed by atoms with van der Waals surface area (Å²) in [7, 11) is 5.47. The summed E-state index contributed by atoms with van der Waals surface area (Å²) < 4.78 is 5.64. The van der Waals surface area contributed by atoms with Crippen molar-refractivity contribution >= 4 is 46.3 Å². The zero-order valence-corrected chi connectivity index (χ0v) is 24.2. The van der Waals surface area contributed by atoms with Gasteiger partial charge in [-0.3, -0.25) is 9.69 Å². The van der Waals surface area contributed by atoms with Crippen molar-refractivity contribution in [3.05, 3.63) is 71.4 Å². The number of hydrogen-bond donors (Lipinski definition) is 3. The van der Waals surface area contributed by atoms with Gasteiger partial charge in [-0.1, -0.05) is 62.1 Å². The number of nitrogens with zero attached hydrogens (tertiary/aromatic N) is 3. The van der Waals surface area contributed by atoms with Crippen LogP contribution < -0.4 is 20.7 Å². The first-order valence-corrected chi connectivity index (χ1v) is 12.8. The van der Waals surface area contributed by atoms with Crippen LogP contribution in [0.5, 0.6) is 5.75 Å². The van der Waals surface area contributed by atoms with E-state index in [1.54, 1.807) is 19.2 Å². The standard InChI is InChI=1S/C30H35ClN6O2/c1-9-27(38)33-24-17-25(26(39-8)16-20(24)14-15-30(4,5)37(6)7)35-29-32-18-22(31)28(36-29)34-23-13-11-10-12-21(23)19(2)3/h9-13,16-19H,1H2,2-8H3,(H,33,38)(H2,32,34,35,36). The zero-order chi connectivity index (χ0) is 28.7. The van der Waals surface area contributed by atoms with Crippen LogP contribution in [0.1, 0.15) is 44.7 Å². The molecule has 0 aliphatic rings. The van der Waals surface area contributed by atoms with Gasteiger partial charge in [0.05, 0.1) is 35.8 Å². The molecule has 3 rings (SSSR count). The number of carbonyl (C=O) groups is 1. The molecule has 0 spiro atoms. The fourth-order valence-electron chi connectivity index (χ4n) is 3.45. The van der Waals surface area contributed by atoms with Gasteiger partial charge >= 0.3 is 0 Å². The number of rotatable bonds is 9. The predicted molar refractivity (Wildman–Crippen MR) is 161 cm³/mol. The summed E-state index contributed by atoms with van der Waals surface area (Å²) in [5.41, 5.74) is 3.27. The Morgan fingerprint density at radius 2 is 1.87 bits per heavy atom. The Morgan fingerprint density at radius 1 is 1.15 bits per heavy atom. The SMILES string of the molecule is C=CC(=O)Nc1cc(Nc2ncc(Cl)c(Nc3ccccc3C(C)C)n2)c(OC)cc1C#CC(C)(C)N(C)C. The Morgan fingerprint density at radius 3 is 2.51 bits per heavy atom. The summed E-state index contributed by atoms with van der Waals surface area (Å²) in [6.07, 6.45) is 2.72. The smallest absolute Gasteiger partial charge is 0.247 e. The maximum absolute atomic E-state index is 12.2. The van der Waals surface area contributed by atoms with Crippen molar-refractivity contribution in [1.29, 1.82) is 0 Å². The molecule has 9 heteroatoms. The molecule has 0 aliphatic heterocycles. The number of benzene rings is 2. The molecule has 2 aromatic carbocycles. The van der Waals surface area contributed by atoms with Gasteiger partial charge in [0.25, 0.3) is 0 Å². The minimum atomic E-state index is -0.390. The lowest BCUT2D eigenvalue weighted by Crippen LogP contribution is -2.36. The molecule has 1 heterocycles. The molecule has 204 valence electrons. The fourth-order valence-corrected chi connectivity index (χ4v) is 3.58. The molecule has 8 nitrogen and oxygen atoms in total. The van der Waals surface area contributed by atoms with Crippen LogP contribution in [-0.4, -0.2) is 47.5 Å². The average molecular weight is 547 g/mol. The van der Waals surface area contributed by atoms with Crippen molar-refractivity contribution in [3.8, 4) is 17.6 Å². The Kier molecular flexibility index (Phi) is 9.57. The maximum Gasteiger partial charge on any atom is 0.247 e. The Labute approximate surface area is 235 Å². The van der Waals surface area contributed by atoms with Crippen molar-refractivity contribution in [2.24, 2.45) is 0 Å². The average Bonchev–Trinajstić information content (AvgIpc) is 2.90. The van der Waals surface area contributed by atoms with Crippen molar-refractivity contribution < 1.29 is 9.53 Å². The van der Waals surface area contributed by atoms with Crippen molar-refractivity contribution in [1.82, 2.24) is 14.9 Å². The topological polar surface area (TPSA) is 91.4 Å². The molecular formula is C30H35ClN6O2. The van der Waals surface area contributed by atoms with Crippen LogP contribution in [0.3, 0.4) is 0 Å². The Hall–Kier alpha value is -4.06. The van der Waals surface area contributed by atoms with Crippen molar-refractivity contribution in [3.63, 3.8) is 0 Å². The summed E-state index contributed by atoms with van der Waals surface area (Å²) >= 11 is 6.44. The molecule has 0 aliphatic carbocycles. The van der Waals surface area contributed by atoms with Crippen LogP contribution >= 0.6 is 11.6 Å². The summed E-state index contributed by atoms with van der Waals surface area (Å²) in [6, 6.07) is 11.5. The van der Waals surface area contributed by atoms with Gasteiger partial charge in [-0.15, -0.1) is 0 Å². The van der Waals surface area contributed by atoms with Gasteiger partial charge in [0, 0.05) is 11.8 Å². The quantitative estimate of drug-likeness (QED) is 0.206. The minimum Gasteiger partial charge on any atom is -0.495 e. The van der Waals surface area contributed by atoms with E-state index >= 15 is 0 Å². The van der Waals surface area contributed by atoms with Crippen LogP contribution in [0.4, 0.5) is 28.8 Å². The summed E-state index contributed by atoms with van der Waals surface area (Å²) in [6.45, 7) is 11.8. The lowest BCUT2D eigenvalue weighted by atomic mass is 10.0. The van der Waals surface area contributed by atoms with Crippen LogP contribution in [0, 0.1) is 11.8 Å². The largest absolute Gasteiger partial charge is 0.495 e. The van der Waals surface area contributed by atoms with E-state index in [1.165, 1.54) is 12.3 Å². The van der Waals surface area contributed by atoms with Crippen molar-refractivity contribution in [2.45, 2.75) is 39.2 Å². The van der Waals surface area contributed by atoms with Crippen LogP contribution in [-0.2, 0) is 4.79 Å². The van der Waals surface area contributed by atoms with Crippen molar-refractivity contribution in [2.75, 3.05) is 37.2 Å². The van der Waals surface area contributed by atoms with E-state index in [0.29, 0.717) is 39.4 Å². The third-order valence-electron chi connectivity index (χ3n) is 6.23. The number of para-hydroxylation sites is 1. The number of carbonyl (C=O) groups excluding carboxylic acids is 1. The summed E-state index contributed by atoms with van der Waals surface area (Å²) in [5.74, 6) is 7.62. The first-order chi connectivity index (χ1) is 18.4. The van der Waals surface area contributed by atoms with Crippen LogP contribution in [0.15, 0.2) is 55.3 Å². The number of halogens is 1. The first kappa shape index (κ1) is 29.5. The Bertz CT molecular complexity index is 1420. The minimum absolute atomic E-state index is 0.288. The summed E-state index contributed by atoms with van der Waals surface area (Å²) in [4.78, 5) is 23.2. The predicted octanol–water partition coefficient (Wildman–Crippen LogP) is 6.57. The van der Waals surface area contributed by atoms with Crippen LogP contribution in [0.25, 0.3) is 0 Å². The van der Waals surface area contributed by atoms with Gasteiger partial charge in [-0.2, -0.15) is 4.98 Å². The molecule has 0 fully saturated rings. The monoisotopic (exact) mass is 546 g/mol. The Balaban J connectivity index is 2.02. The van der Waals surface area contributed by atoms with E-state index in [0.717, 1.165) is 11.3 Å².